The van der Waals surface area contributed by atoms with Gasteiger partial charge in [0.1, 0.15) is 10.9 Å². The van der Waals surface area contributed by atoms with Crippen LogP contribution >= 0.6 is 11.6 Å². The molecule has 23 heavy (non-hydrogen) atoms. The fraction of sp³-hybridized carbons (Fsp3) is 0.462. The van der Waals surface area contributed by atoms with E-state index >= 15 is 0 Å². The quantitative estimate of drug-likeness (QED) is 0.855. The van der Waals surface area contributed by atoms with Gasteiger partial charge >= 0.3 is 6.18 Å². The molecule has 5 nitrogen and oxygen atoms in total. The van der Waals surface area contributed by atoms with Gasteiger partial charge in [-0.3, -0.25) is 4.79 Å². The van der Waals surface area contributed by atoms with Crippen molar-refractivity contribution in [3.05, 3.63) is 29.3 Å². The summed E-state index contributed by atoms with van der Waals surface area (Å²) in [5, 5.41) is 2.20. The summed E-state index contributed by atoms with van der Waals surface area (Å²) in [4.78, 5) is 11.6. The molecular weight excluding hydrogens is 357 g/mol. The number of halogens is 4. The van der Waals surface area contributed by atoms with Crippen LogP contribution in [0.25, 0.3) is 0 Å². The van der Waals surface area contributed by atoms with Gasteiger partial charge in [-0.25, -0.2) is 8.42 Å². The largest absolute Gasteiger partial charge is 0.391 e. The summed E-state index contributed by atoms with van der Waals surface area (Å²) in [6.45, 7) is -0.159. The molecule has 1 aromatic carbocycles. The van der Waals surface area contributed by atoms with Crippen molar-refractivity contribution in [3.8, 4) is 0 Å². The Morgan fingerprint density at radius 3 is 2.52 bits per heavy atom. The van der Waals surface area contributed by atoms with Crippen LogP contribution in [0.3, 0.4) is 0 Å². The summed E-state index contributed by atoms with van der Waals surface area (Å²) in [6, 6.07) is 3.97. The summed E-state index contributed by atoms with van der Waals surface area (Å²) >= 11 is 5.80. The zero-order valence-electron chi connectivity index (χ0n) is 11.7. The minimum Gasteiger partial charge on any atom is -0.355 e. The summed E-state index contributed by atoms with van der Waals surface area (Å²) < 4.78 is 65.3. The third kappa shape index (κ3) is 4.36. The first-order chi connectivity index (χ1) is 10.6. The predicted molar refractivity (Wildman–Crippen MR) is 77.4 cm³/mol. The van der Waals surface area contributed by atoms with Crippen molar-refractivity contribution in [1.29, 1.82) is 0 Å². The van der Waals surface area contributed by atoms with E-state index in [-0.39, 0.29) is 22.9 Å². The van der Waals surface area contributed by atoms with Gasteiger partial charge in [0.2, 0.25) is 15.9 Å². The third-order valence-corrected chi connectivity index (χ3v) is 5.49. The van der Waals surface area contributed by atoms with Gasteiger partial charge in [0, 0.05) is 6.54 Å². The highest BCUT2D eigenvalue weighted by molar-refractivity contribution is 7.89. The van der Waals surface area contributed by atoms with E-state index in [1.165, 1.54) is 24.3 Å². The van der Waals surface area contributed by atoms with Gasteiger partial charge in [-0.15, -0.1) is 0 Å². The molecule has 0 aliphatic carbocycles. The lowest BCUT2D eigenvalue weighted by Crippen LogP contribution is -2.46. The van der Waals surface area contributed by atoms with Gasteiger partial charge in [0.05, 0.1) is 10.9 Å². The van der Waals surface area contributed by atoms with Gasteiger partial charge in [-0.1, -0.05) is 23.7 Å². The summed E-state index contributed by atoms with van der Waals surface area (Å²) in [5.41, 5.74) is 0. The van der Waals surface area contributed by atoms with Gasteiger partial charge in [0.25, 0.3) is 0 Å². The molecule has 10 heteroatoms. The molecule has 1 heterocycles. The van der Waals surface area contributed by atoms with E-state index in [4.69, 9.17) is 11.6 Å². The average Bonchev–Trinajstić information content (AvgIpc) is 2.61. The molecule has 2 rings (SSSR count). The maximum Gasteiger partial charge on any atom is 0.391 e. The Labute approximate surface area is 136 Å². The Kier molecular flexibility index (Phi) is 5.22. The number of alkyl halides is 3. The fourth-order valence-electron chi connectivity index (χ4n) is 2.31. The molecule has 1 amide bonds. The second-order valence-electron chi connectivity index (χ2n) is 5.16. The molecule has 2 atom stereocenters. The van der Waals surface area contributed by atoms with Crippen LogP contribution in [0.15, 0.2) is 29.2 Å². The van der Waals surface area contributed by atoms with E-state index in [1.807, 2.05) is 4.72 Å². The van der Waals surface area contributed by atoms with Gasteiger partial charge in [0.15, 0.2) is 0 Å². The maximum absolute atomic E-state index is 12.9. The Bertz CT molecular complexity index is 694. The molecule has 2 unspecified atom stereocenters. The topological polar surface area (TPSA) is 75.3 Å². The lowest BCUT2D eigenvalue weighted by Gasteiger charge is -2.21. The first-order valence-corrected chi connectivity index (χ1v) is 8.58. The lowest BCUT2D eigenvalue weighted by molar-refractivity contribution is -0.177. The molecule has 1 saturated heterocycles. The van der Waals surface area contributed by atoms with E-state index in [0.29, 0.717) is 0 Å². The molecule has 0 spiro atoms. The third-order valence-electron chi connectivity index (χ3n) is 3.52. The standard InChI is InChI=1S/C13H14ClF3N2O3S/c14-9-3-1-2-4-11(9)23(21,22)19-10-7-8(13(15,16)17)5-6-18-12(10)20/h1-4,8,10,19H,5-7H2,(H,18,20). The van der Waals surface area contributed by atoms with Crippen LogP contribution in [0.5, 0.6) is 0 Å². The molecule has 1 aliphatic rings. The Balaban J connectivity index is 2.25. The number of hydrogen-bond donors (Lipinski definition) is 2. The van der Waals surface area contributed by atoms with Crippen LogP contribution in [0.2, 0.25) is 5.02 Å². The van der Waals surface area contributed by atoms with Crippen molar-refractivity contribution >= 4 is 27.5 Å². The Hall–Kier alpha value is -1.32. The van der Waals surface area contributed by atoms with E-state index in [9.17, 15) is 26.4 Å². The zero-order chi connectivity index (χ0) is 17.3. The number of nitrogens with one attached hydrogen (secondary N) is 2. The lowest BCUT2D eigenvalue weighted by atomic mass is 9.98. The molecule has 128 valence electrons. The molecule has 0 radical (unpaired) electrons. The van der Waals surface area contributed by atoms with Crippen LogP contribution in [-0.4, -0.2) is 33.1 Å². The highest BCUT2D eigenvalue weighted by Crippen LogP contribution is 2.33. The number of sulfonamides is 1. The van der Waals surface area contributed by atoms with Crippen molar-refractivity contribution in [2.45, 2.75) is 30.0 Å². The molecule has 0 saturated carbocycles. The average molecular weight is 371 g/mol. The van der Waals surface area contributed by atoms with Gasteiger partial charge < -0.3 is 5.32 Å². The number of carbonyl (C=O) groups excluding carboxylic acids is 1. The van der Waals surface area contributed by atoms with Crippen molar-refractivity contribution in [3.63, 3.8) is 0 Å². The van der Waals surface area contributed by atoms with Gasteiger partial charge in [-0.05, 0) is 25.0 Å². The van der Waals surface area contributed by atoms with Crippen molar-refractivity contribution in [2.24, 2.45) is 5.92 Å². The highest BCUT2D eigenvalue weighted by atomic mass is 35.5. The highest BCUT2D eigenvalue weighted by Gasteiger charge is 2.44. The number of hydrogen-bond acceptors (Lipinski definition) is 3. The first-order valence-electron chi connectivity index (χ1n) is 6.72. The van der Waals surface area contributed by atoms with Crippen LogP contribution in [0.4, 0.5) is 13.2 Å². The van der Waals surface area contributed by atoms with Crippen LogP contribution < -0.4 is 10.0 Å². The second kappa shape index (κ2) is 6.66. The van der Waals surface area contributed by atoms with Crippen LogP contribution in [0, 0.1) is 5.92 Å². The van der Waals surface area contributed by atoms with Crippen molar-refractivity contribution in [1.82, 2.24) is 10.0 Å². The number of benzene rings is 1. The van der Waals surface area contributed by atoms with Gasteiger partial charge in [-0.2, -0.15) is 17.9 Å². The summed E-state index contributed by atoms with van der Waals surface area (Å²) in [5.74, 6) is -2.55. The normalized spacial score (nSPS) is 23.2. The molecule has 0 aromatic heterocycles. The maximum atomic E-state index is 12.9. The van der Waals surface area contributed by atoms with Crippen LogP contribution in [-0.2, 0) is 14.8 Å². The number of rotatable bonds is 3. The monoisotopic (exact) mass is 370 g/mol. The molecular formula is C13H14ClF3N2O3S. The molecule has 2 N–H and O–H groups in total. The van der Waals surface area contributed by atoms with E-state index in [2.05, 4.69) is 5.32 Å². The molecule has 0 bridgehead atoms. The smallest absolute Gasteiger partial charge is 0.355 e. The zero-order valence-corrected chi connectivity index (χ0v) is 13.3. The SMILES string of the molecule is O=C1NCCC(C(F)(F)F)CC1NS(=O)(=O)c1ccccc1Cl. The second-order valence-corrected chi connectivity index (χ2v) is 7.25. The predicted octanol–water partition coefficient (Wildman–Crippen LogP) is 2.08. The molecule has 1 fully saturated rings. The number of amides is 1. The summed E-state index contributed by atoms with van der Waals surface area (Å²) in [6.07, 6.45) is -5.45. The Morgan fingerprint density at radius 2 is 1.91 bits per heavy atom. The fourth-order valence-corrected chi connectivity index (χ4v) is 4.04. The number of carbonyl (C=O) groups is 1. The molecule has 1 aromatic rings. The van der Waals surface area contributed by atoms with Crippen molar-refractivity contribution in [2.75, 3.05) is 6.54 Å². The van der Waals surface area contributed by atoms with Crippen molar-refractivity contribution < 1.29 is 26.4 Å². The minimum absolute atomic E-state index is 0.0820. The van der Waals surface area contributed by atoms with E-state index in [1.54, 1.807) is 0 Å². The van der Waals surface area contributed by atoms with Crippen LogP contribution in [0.1, 0.15) is 12.8 Å². The molecule has 1 aliphatic heterocycles. The Morgan fingerprint density at radius 1 is 1.26 bits per heavy atom. The first kappa shape index (κ1) is 18.0. The summed E-state index contributed by atoms with van der Waals surface area (Å²) in [7, 11) is -4.22. The van der Waals surface area contributed by atoms with E-state index in [0.717, 1.165) is 0 Å². The minimum atomic E-state index is -4.50. The van der Waals surface area contributed by atoms with E-state index < -0.39 is 40.5 Å².